The lowest BCUT2D eigenvalue weighted by molar-refractivity contribution is 0.122. The second kappa shape index (κ2) is 6.70. The molecule has 0 spiro atoms. The molecule has 1 aromatic rings. The second-order valence-corrected chi connectivity index (χ2v) is 6.23. The van der Waals surface area contributed by atoms with Gasteiger partial charge < -0.3 is 10.0 Å². The monoisotopic (exact) mass is 274 g/mol. The molecule has 0 atom stereocenters. The molecular weight excluding hydrogens is 248 g/mol. The molecule has 2 fully saturated rings. The average Bonchev–Trinajstić information content (AvgIpc) is 3.03. The summed E-state index contributed by atoms with van der Waals surface area (Å²) in [6.07, 6.45) is 5.46. The van der Waals surface area contributed by atoms with Gasteiger partial charge in [-0.25, -0.2) is 0 Å². The fourth-order valence-electron chi connectivity index (χ4n) is 3.56. The molecule has 2 aliphatic rings. The van der Waals surface area contributed by atoms with Gasteiger partial charge >= 0.3 is 0 Å². The van der Waals surface area contributed by atoms with E-state index in [0.29, 0.717) is 0 Å². The van der Waals surface area contributed by atoms with Crippen molar-refractivity contribution in [3.05, 3.63) is 35.4 Å². The third-order valence-corrected chi connectivity index (χ3v) is 4.83. The molecule has 110 valence electrons. The van der Waals surface area contributed by atoms with E-state index in [0.717, 1.165) is 18.2 Å². The Hall–Kier alpha value is -0.900. The number of hydrogen-bond donors (Lipinski definition) is 1. The Labute approximate surface area is 122 Å². The maximum atomic E-state index is 9.07. The Bertz CT molecular complexity index is 404. The van der Waals surface area contributed by atoms with E-state index >= 15 is 0 Å². The van der Waals surface area contributed by atoms with Crippen molar-refractivity contribution in [3.63, 3.8) is 0 Å². The van der Waals surface area contributed by atoms with Gasteiger partial charge in [0.1, 0.15) is 0 Å². The van der Waals surface area contributed by atoms with Gasteiger partial charge in [0.15, 0.2) is 0 Å². The predicted molar refractivity (Wildman–Crippen MR) is 81.5 cm³/mol. The van der Waals surface area contributed by atoms with Gasteiger partial charge in [-0.3, -0.25) is 4.90 Å². The lowest BCUT2D eigenvalue weighted by Gasteiger charge is -2.36. The van der Waals surface area contributed by atoms with Crippen LogP contribution in [0.2, 0.25) is 0 Å². The summed E-state index contributed by atoms with van der Waals surface area (Å²) in [6, 6.07) is 9.21. The van der Waals surface area contributed by atoms with Crippen molar-refractivity contribution in [1.82, 2.24) is 9.80 Å². The second-order valence-electron chi connectivity index (χ2n) is 6.23. The highest BCUT2D eigenvalue weighted by Crippen LogP contribution is 2.22. The molecule has 3 nitrogen and oxygen atoms in total. The van der Waals surface area contributed by atoms with E-state index in [1.165, 1.54) is 57.4 Å². The first-order valence-electron chi connectivity index (χ1n) is 8.00. The Kier molecular flexibility index (Phi) is 4.71. The highest BCUT2D eigenvalue weighted by Gasteiger charge is 2.26. The molecule has 2 aliphatic heterocycles. The first-order valence-corrected chi connectivity index (χ1v) is 8.00. The van der Waals surface area contributed by atoms with Crippen molar-refractivity contribution in [2.24, 2.45) is 0 Å². The molecule has 0 amide bonds. The van der Waals surface area contributed by atoms with Crippen LogP contribution in [0.4, 0.5) is 0 Å². The molecule has 0 aromatic heterocycles. The normalized spacial score (nSPS) is 22.4. The number of nitrogens with zero attached hydrogens (tertiary/aromatic N) is 2. The molecule has 3 heteroatoms. The summed E-state index contributed by atoms with van der Waals surface area (Å²) in [5, 5.41) is 9.07. The third kappa shape index (κ3) is 3.40. The van der Waals surface area contributed by atoms with E-state index in [1.54, 1.807) is 0 Å². The van der Waals surface area contributed by atoms with Gasteiger partial charge in [-0.15, -0.1) is 0 Å². The van der Waals surface area contributed by atoms with Crippen LogP contribution in [0.5, 0.6) is 0 Å². The summed E-state index contributed by atoms with van der Waals surface area (Å²) in [7, 11) is 0. The fourth-order valence-corrected chi connectivity index (χ4v) is 3.56. The van der Waals surface area contributed by atoms with Gasteiger partial charge in [0, 0.05) is 12.6 Å². The SMILES string of the molecule is OCc1ccc(CN2CCC(N3CCCC3)CC2)cc1. The van der Waals surface area contributed by atoms with Crippen molar-refractivity contribution in [2.45, 2.75) is 44.9 Å². The third-order valence-electron chi connectivity index (χ3n) is 4.83. The molecule has 0 unspecified atom stereocenters. The van der Waals surface area contributed by atoms with Crippen molar-refractivity contribution in [1.29, 1.82) is 0 Å². The molecule has 3 rings (SSSR count). The maximum absolute atomic E-state index is 9.07. The smallest absolute Gasteiger partial charge is 0.0681 e. The Morgan fingerprint density at radius 1 is 0.900 bits per heavy atom. The van der Waals surface area contributed by atoms with E-state index in [4.69, 9.17) is 5.11 Å². The van der Waals surface area contributed by atoms with Crippen LogP contribution < -0.4 is 0 Å². The van der Waals surface area contributed by atoms with Gasteiger partial charge in [0.05, 0.1) is 6.61 Å². The van der Waals surface area contributed by atoms with Gasteiger partial charge in [-0.05, 0) is 63.0 Å². The molecule has 2 heterocycles. The summed E-state index contributed by atoms with van der Waals surface area (Å²) >= 11 is 0. The zero-order valence-electron chi connectivity index (χ0n) is 12.3. The van der Waals surface area contributed by atoms with Crippen LogP contribution in [0.1, 0.15) is 36.8 Å². The minimum Gasteiger partial charge on any atom is -0.392 e. The lowest BCUT2D eigenvalue weighted by Crippen LogP contribution is -2.43. The van der Waals surface area contributed by atoms with E-state index < -0.39 is 0 Å². The lowest BCUT2D eigenvalue weighted by atomic mass is 10.0. The van der Waals surface area contributed by atoms with E-state index in [1.807, 2.05) is 12.1 Å². The van der Waals surface area contributed by atoms with Crippen LogP contribution in [0.15, 0.2) is 24.3 Å². The average molecular weight is 274 g/mol. The zero-order chi connectivity index (χ0) is 13.8. The molecule has 0 aliphatic carbocycles. The first-order chi connectivity index (χ1) is 9.85. The molecule has 2 saturated heterocycles. The van der Waals surface area contributed by atoms with Gasteiger partial charge in [0.25, 0.3) is 0 Å². The maximum Gasteiger partial charge on any atom is 0.0681 e. The number of benzene rings is 1. The van der Waals surface area contributed by atoms with Crippen molar-refractivity contribution >= 4 is 0 Å². The van der Waals surface area contributed by atoms with Gasteiger partial charge in [-0.1, -0.05) is 24.3 Å². The summed E-state index contributed by atoms with van der Waals surface area (Å²) in [6.45, 7) is 6.30. The van der Waals surface area contributed by atoms with Crippen LogP contribution in [0, 0.1) is 0 Å². The largest absolute Gasteiger partial charge is 0.392 e. The van der Waals surface area contributed by atoms with Crippen molar-refractivity contribution < 1.29 is 5.11 Å². The highest BCUT2D eigenvalue weighted by atomic mass is 16.3. The Morgan fingerprint density at radius 2 is 1.50 bits per heavy atom. The Morgan fingerprint density at radius 3 is 2.10 bits per heavy atom. The summed E-state index contributed by atoms with van der Waals surface area (Å²) in [5.41, 5.74) is 2.36. The predicted octanol–water partition coefficient (Wildman–Crippen LogP) is 2.24. The minimum atomic E-state index is 0.140. The molecular formula is C17H26N2O. The first kappa shape index (κ1) is 14.1. The molecule has 1 N–H and O–H groups in total. The van der Waals surface area contributed by atoms with Crippen LogP contribution in [0.3, 0.4) is 0 Å². The fraction of sp³-hybridized carbons (Fsp3) is 0.647. The van der Waals surface area contributed by atoms with Crippen molar-refractivity contribution in [3.8, 4) is 0 Å². The summed E-state index contributed by atoms with van der Waals surface area (Å²) < 4.78 is 0. The van der Waals surface area contributed by atoms with Gasteiger partial charge in [0.2, 0.25) is 0 Å². The number of rotatable bonds is 4. The number of piperidine rings is 1. The number of likely N-dealkylation sites (tertiary alicyclic amines) is 2. The van der Waals surface area contributed by atoms with Crippen LogP contribution in [-0.4, -0.2) is 47.1 Å². The Balaban J connectivity index is 1.47. The molecule has 0 bridgehead atoms. The van der Waals surface area contributed by atoms with Gasteiger partial charge in [-0.2, -0.15) is 0 Å². The van der Waals surface area contributed by atoms with Crippen molar-refractivity contribution in [2.75, 3.05) is 26.2 Å². The molecule has 1 aromatic carbocycles. The molecule has 0 radical (unpaired) electrons. The highest BCUT2D eigenvalue weighted by molar-refractivity contribution is 5.21. The summed E-state index contributed by atoms with van der Waals surface area (Å²) in [4.78, 5) is 5.27. The van der Waals surface area contributed by atoms with E-state index in [9.17, 15) is 0 Å². The zero-order valence-corrected chi connectivity index (χ0v) is 12.3. The quantitative estimate of drug-likeness (QED) is 0.912. The van der Waals surface area contributed by atoms with Crippen LogP contribution >= 0.6 is 0 Å². The van der Waals surface area contributed by atoms with E-state index in [2.05, 4.69) is 21.9 Å². The van der Waals surface area contributed by atoms with Crippen LogP contribution in [-0.2, 0) is 13.2 Å². The number of aliphatic hydroxyl groups excluding tert-OH is 1. The topological polar surface area (TPSA) is 26.7 Å². The number of hydrogen-bond acceptors (Lipinski definition) is 3. The molecule has 0 saturated carbocycles. The number of aliphatic hydroxyl groups is 1. The van der Waals surface area contributed by atoms with Crippen LogP contribution in [0.25, 0.3) is 0 Å². The minimum absolute atomic E-state index is 0.140. The standard InChI is InChI=1S/C17H26N2O/c20-14-16-5-3-15(4-6-16)13-18-11-7-17(8-12-18)19-9-1-2-10-19/h3-6,17,20H,1-2,7-14H2. The molecule has 20 heavy (non-hydrogen) atoms. The summed E-state index contributed by atoms with van der Waals surface area (Å²) in [5.74, 6) is 0. The van der Waals surface area contributed by atoms with E-state index in [-0.39, 0.29) is 6.61 Å².